The number of hydrogen-bond donors (Lipinski definition) is 0. The highest BCUT2D eigenvalue weighted by molar-refractivity contribution is 6.30. The first-order valence-corrected chi connectivity index (χ1v) is 10.6. The van der Waals surface area contributed by atoms with Gasteiger partial charge in [-0.3, -0.25) is 4.79 Å². The van der Waals surface area contributed by atoms with Gasteiger partial charge in [0.25, 0.3) is 5.91 Å². The van der Waals surface area contributed by atoms with Gasteiger partial charge in [-0.15, -0.1) is 0 Å². The van der Waals surface area contributed by atoms with E-state index in [0.29, 0.717) is 18.7 Å². The molecular formula is C26H25ClFNO. The summed E-state index contributed by atoms with van der Waals surface area (Å²) < 4.78 is 13.9. The number of aryl methyl sites for hydroxylation is 1. The fourth-order valence-electron chi connectivity index (χ4n) is 4.57. The summed E-state index contributed by atoms with van der Waals surface area (Å²) >= 11 is 5.78. The summed E-state index contributed by atoms with van der Waals surface area (Å²) in [6.45, 7) is 9.67. The smallest absolute Gasteiger partial charge is 0.254 e. The van der Waals surface area contributed by atoms with Gasteiger partial charge in [-0.05, 0) is 84.3 Å². The lowest BCUT2D eigenvalue weighted by Crippen LogP contribution is -2.25. The molecule has 0 unspecified atom stereocenters. The molecule has 0 fully saturated rings. The Kier molecular flexibility index (Phi) is 5.42. The summed E-state index contributed by atoms with van der Waals surface area (Å²) in [6, 6.07) is 12.9. The van der Waals surface area contributed by atoms with Gasteiger partial charge in [0, 0.05) is 18.7 Å². The third kappa shape index (κ3) is 3.41. The van der Waals surface area contributed by atoms with Crippen LogP contribution in [0.5, 0.6) is 0 Å². The summed E-state index contributed by atoms with van der Waals surface area (Å²) in [7, 11) is 0. The van der Waals surface area contributed by atoms with E-state index in [0.717, 1.165) is 6.42 Å². The Balaban J connectivity index is 1.76. The second kappa shape index (κ2) is 7.88. The molecular weight excluding hydrogens is 397 g/mol. The summed E-state index contributed by atoms with van der Waals surface area (Å²) in [5, 5.41) is 0.0262. The Morgan fingerprint density at radius 1 is 1.00 bits per heavy atom. The van der Waals surface area contributed by atoms with Crippen molar-refractivity contribution in [3.8, 4) is 11.1 Å². The largest absolute Gasteiger partial charge is 0.330 e. The minimum atomic E-state index is -0.568. The molecule has 154 valence electrons. The molecule has 0 N–H and O–H groups in total. The summed E-state index contributed by atoms with van der Waals surface area (Å²) in [6.07, 6.45) is 0.930. The van der Waals surface area contributed by atoms with E-state index in [9.17, 15) is 9.18 Å². The molecule has 0 atom stereocenters. The van der Waals surface area contributed by atoms with E-state index in [1.54, 1.807) is 11.0 Å². The predicted molar refractivity (Wildman–Crippen MR) is 120 cm³/mol. The first kappa shape index (κ1) is 20.6. The van der Waals surface area contributed by atoms with E-state index >= 15 is 0 Å². The van der Waals surface area contributed by atoms with Crippen LogP contribution in [0.3, 0.4) is 0 Å². The van der Waals surface area contributed by atoms with Crippen LogP contribution in [0.25, 0.3) is 11.1 Å². The number of hydrogen-bond acceptors (Lipinski definition) is 1. The highest BCUT2D eigenvalue weighted by atomic mass is 35.5. The van der Waals surface area contributed by atoms with E-state index in [-0.39, 0.29) is 10.9 Å². The molecule has 0 radical (unpaired) electrons. The molecule has 0 aliphatic carbocycles. The van der Waals surface area contributed by atoms with Gasteiger partial charge in [0.05, 0.1) is 5.02 Å². The second-order valence-electron chi connectivity index (χ2n) is 8.07. The summed E-state index contributed by atoms with van der Waals surface area (Å²) in [4.78, 5) is 14.9. The normalized spacial score (nSPS) is 12.9. The van der Waals surface area contributed by atoms with Gasteiger partial charge >= 0.3 is 0 Å². The van der Waals surface area contributed by atoms with Crippen molar-refractivity contribution < 1.29 is 9.18 Å². The predicted octanol–water partition coefficient (Wildman–Crippen LogP) is 6.79. The number of carbonyl (C=O) groups is 1. The van der Waals surface area contributed by atoms with Gasteiger partial charge in [-0.2, -0.15) is 0 Å². The molecule has 0 saturated heterocycles. The fraction of sp³-hybridized carbons (Fsp3) is 0.269. The van der Waals surface area contributed by atoms with Crippen molar-refractivity contribution in [3.05, 3.63) is 92.2 Å². The van der Waals surface area contributed by atoms with Gasteiger partial charge in [-0.25, -0.2) is 4.39 Å². The highest BCUT2D eigenvalue weighted by Gasteiger charge is 2.30. The molecule has 1 amide bonds. The lowest BCUT2D eigenvalue weighted by Gasteiger charge is -2.19. The lowest BCUT2D eigenvalue weighted by atomic mass is 9.84. The molecule has 0 saturated carbocycles. The van der Waals surface area contributed by atoms with Crippen LogP contribution in [0, 0.1) is 26.6 Å². The number of carbonyl (C=O) groups excluding carboxylic acids is 1. The molecule has 30 heavy (non-hydrogen) atoms. The number of halogens is 2. The van der Waals surface area contributed by atoms with Crippen LogP contribution in [0.4, 0.5) is 4.39 Å². The van der Waals surface area contributed by atoms with Crippen LogP contribution in [-0.4, -0.2) is 10.8 Å². The average Bonchev–Trinajstić information content (AvgIpc) is 3.19. The molecule has 0 spiro atoms. The summed E-state index contributed by atoms with van der Waals surface area (Å²) in [5.74, 6) is -0.739. The molecule has 4 heteroatoms. The molecule has 1 aliphatic heterocycles. The molecule has 1 heterocycles. The number of benzene rings is 3. The maximum Gasteiger partial charge on any atom is 0.254 e. The van der Waals surface area contributed by atoms with Gasteiger partial charge in [-0.1, -0.05) is 48.4 Å². The first-order chi connectivity index (χ1) is 14.3. The van der Waals surface area contributed by atoms with Crippen LogP contribution in [0.1, 0.15) is 50.7 Å². The molecule has 3 aromatic carbocycles. The molecule has 4 rings (SSSR count). The average molecular weight is 422 g/mol. The van der Waals surface area contributed by atoms with Gasteiger partial charge in [0.15, 0.2) is 0 Å². The maximum absolute atomic E-state index is 13.9. The fourth-order valence-corrected chi connectivity index (χ4v) is 4.69. The zero-order valence-corrected chi connectivity index (χ0v) is 18.5. The Morgan fingerprint density at radius 3 is 2.23 bits per heavy atom. The highest BCUT2D eigenvalue weighted by Crippen LogP contribution is 2.39. The minimum absolute atomic E-state index is 0.0262. The minimum Gasteiger partial charge on any atom is -0.330 e. The molecule has 0 aromatic heterocycles. The first-order valence-electron chi connectivity index (χ1n) is 10.3. The Labute approximate surface area is 182 Å². The van der Waals surface area contributed by atoms with E-state index in [1.807, 2.05) is 0 Å². The van der Waals surface area contributed by atoms with E-state index < -0.39 is 5.82 Å². The number of fused-ring (bicyclic) bond motifs is 1. The Hall–Kier alpha value is -2.65. The monoisotopic (exact) mass is 421 g/mol. The molecule has 1 aliphatic rings. The van der Waals surface area contributed by atoms with Crippen LogP contribution in [0.15, 0.2) is 42.5 Å². The second-order valence-corrected chi connectivity index (χ2v) is 8.48. The number of rotatable bonds is 3. The van der Waals surface area contributed by atoms with Crippen molar-refractivity contribution in [1.29, 1.82) is 0 Å². The van der Waals surface area contributed by atoms with E-state index in [2.05, 4.69) is 52.0 Å². The van der Waals surface area contributed by atoms with Crippen LogP contribution in [-0.2, 0) is 19.5 Å². The number of nitrogens with zero attached hydrogens (tertiary/aromatic N) is 1. The van der Waals surface area contributed by atoms with Crippen molar-refractivity contribution in [1.82, 2.24) is 4.90 Å². The molecule has 3 aromatic rings. The standard InChI is InChI=1S/C26H25ClFNO/c1-5-20-16(3)21-13-29(26(30)19-10-11-23(27)24(28)12-19)14-22(21)17(4)25(20)18-8-6-15(2)7-9-18/h6-12H,5,13-14H2,1-4H3. The van der Waals surface area contributed by atoms with Crippen molar-refractivity contribution in [2.24, 2.45) is 0 Å². The maximum atomic E-state index is 13.9. The SMILES string of the molecule is CCc1c(C)c2c(c(C)c1-c1ccc(C)cc1)CN(C(=O)c1ccc(Cl)c(F)c1)C2. The quantitative estimate of drug-likeness (QED) is 0.456. The van der Waals surface area contributed by atoms with Gasteiger partial charge in [0.2, 0.25) is 0 Å². The van der Waals surface area contributed by atoms with Crippen molar-refractivity contribution >= 4 is 17.5 Å². The van der Waals surface area contributed by atoms with Crippen LogP contribution < -0.4 is 0 Å². The third-order valence-electron chi connectivity index (χ3n) is 6.24. The Bertz CT molecular complexity index is 1150. The topological polar surface area (TPSA) is 20.3 Å². The van der Waals surface area contributed by atoms with Gasteiger partial charge < -0.3 is 4.90 Å². The van der Waals surface area contributed by atoms with Gasteiger partial charge in [0.1, 0.15) is 5.82 Å². The van der Waals surface area contributed by atoms with Crippen molar-refractivity contribution in [2.75, 3.05) is 0 Å². The third-order valence-corrected chi connectivity index (χ3v) is 6.55. The van der Waals surface area contributed by atoms with Crippen molar-refractivity contribution in [3.63, 3.8) is 0 Å². The zero-order chi connectivity index (χ0) is 21.6. The zero-order valence-electron chi connectivity index (χ0n) is 17.8. The Morgan fingerprint density at radius 2 is 1.63 bits per heavy atom. The van der Waals surface area contributed by atoms with Crippen LogP contribution >= 0.6 is 11.6 Å². The van der Waals surface area contributed by atoms with E-state index in [4.69, 9.17) is 11.6 Å². The van der Waals surface area contributed by atoms with Crippen molar-refractivity contribution in [2.45, 2.75) is 47.2 Å². The van der Waals surface area contributed by atoms with E-state index in [1.165, 1.54) is 56.6 Å². The van der Waals surface area contributed by atoms with Crippen LogP contribution in [0.2, 0.25) is 5.02 Å². The number of amides is 1. The molecule has 2 nitrogen and oxygen atoms in total. The summed E-state index contributed by atoms with van der Waals surface area (Å²) in [5.41, 5.74) is 10.3. The molecule has 0 bridgehead atoms. The lowest BCUT2D eigenvalue weighted by molar-refractivity contribution is 0.0750.